The summed E-state index contributed by atoms with van der Waals surface area (Å²) in [5, 5.41) is 13.6. The van der Waals surface area contributed by atoms with Crippen molar-refractivity contribution in [2.24, 2.45) is 0 Å². The molecule has 2 heterocycles. The highest BCUT2D eigenvalue weighted by Crippen LogP contribution is 2.35. The summed E-state index contributed by atoms with van der Waals surface area (Å²) in [4.78, 5) is 11.4. The Balaban J connectivity index is 2.19. The van der Waals surface area contributed by atoms with Gasteiger partial charge < -0.3 is 9.84 Å². The second-order valence-corrected chi connectivity index (χ2v) is 7.70. The third-order valence-electron chi connectivity index (χ3n) is 3.80. The fourth-order valence-corrected chi connectivity index (χ4v) is 3.20. The first-order valence-electron chi connectivity index (χ1n) is 7.19. The van der Waals surface area contributed by atoms with Crippen LogP contribution in [-0.2, 0) is 16.4 Å². The molecule has 0 saturated heterocycles. The summed E-state index contributed by atoms with van der Waals surface area (Å²) in [6.45, 7) is 2.27. The van der Waals surface area contributed by atoms with Gasteiger partial charge in [0.2, 0.25) is 5.88 Å². The molecule has 0 fully saturated rings. The minimum atomic E-state index is -3.57. The van der Waals surface area contributed by atoms with Crippen LogP contribution in [0.5, 0.6) is 5.88 Å². The molecule has 0 aliphatic carbocycles. The quantitative estimate of drug-likeness (QED) is 0.905. The number of sulfone groups is 1. The van der Waals surface area contributed by atoms with Gasteiger partial charge in [-0.15, -0.1) is 0 Å². The Hall–Kier alpha value is -2.42. The Morgan fingerprint density at radius 3 is 2.75 bits per heavy atom. The molecular weight excluding hydrogens is 339 g/mol. The number of ether oxygens (including phenoxy) is 1. The van der Waals surface area contributed by atoms with E-state index in [-0.39, 0.29) is 33.7 Å². The molecule has 1 aromatic carbocycles. The Morgan fingerprint density at radius 1 is 1.46 bits per heavy atom. The van der Waals surface area contributed by atoms with Crippen molar-refractivity contribution in [3.8, 4) is 17.1 Å². The summed E-state index contributed by atoms with van der Waals surface area (Å²) >= 11 is 0. The lowest BCUT2D eigenvalue weighted by Crippen LogP contribution is -2.24. The normalized spacial score (nSPS) is 17.2. The van der Waals surface area contributed by atoms with Crippen LogP contribution in [0.15, 0.2) is 23.1 Å². The van der Waals surface area contributed by atoms with E-state index in [0.717, 1.165) is 12.3 Å². The van der Waals surface area contributed by atoms with Crippen LogP contribution in [0.4, 0.5) is 4.39 Å². The monoisotopic (exact) mass is 354 g/mol. The summed E-state index contributed by atoms with van der Waals surface area (Å²) in [6.07, 6.45) is 1.45. The highest BCUT2D eigenvalue weighted by Gasteiger charge is 2.31. The second-order valence-electron chi connectivity index (χ2n) is 5.69. The maximum absolute atomic E-state index is 14.4. The summed E-state index contributed by atoms with van der Waals surface area (Å²) in [6, 6.07) is 3.30. The van der Waals surface area contributed by atoms with Gasteiger partial charge >= 0.3 is 5.97 Å². The summed E-state index contributed by atoms with van der Waals surface area (Å²) in [5.41, 5.74) is -0.394. The molecule has 0 radical (unpaired) electrons. The van der Waals surface area contributed by atoms with Crippen molar-refractivity contribution in [3.05, 3.63) is 29.6 Å². The van der Waals surface area contributed by atoms with Crippen LogP contribution in [0.2, 0.25) is 0 Å². The van der Waals surface area contributed by atoms with Gasteiger partial charge in [-0.1, -0.05) is 0 Å². The lowest BCUT2D eigenvalue weighted by atomic mass is 10.1. The van der Waals surface area contributed by atoms with E-state index < -0.39 is 21.6 Å². The Labute approximate surface area is 137 Å². The highest BCUT2D eigenvalue weighted by atomic mass is 32.2. The van der Waals surface area contributed by atoms with E-state index in [4.69, 9.17) is 4.74 Å². The second kappa shape index (κ2) is 5.59. The van der Waals surface area contributed by atoms with Gasteiger partial charge in [0.1, 0.15) is 17.1 Å². The molecule has 0 bridgehead atoms. The predicted octanol–water partition coefficient (Wildman–Crippen LogP) is 1.96. The zero-order valence-electron chi connectivity index (χ0n) is 13.0. The lowest BCUT2D eigenvalue weighted by molar-refractivity contribution is 0.0684. The first-order valence-corrected chi connectivity index (χ1v) is 9.08. The van der Waals surface area contributed by atoms with E-state index in [1.807, 2.05) is 6.92 Å². The molecule has 2 aromatic rings. The maximum Gasteiger partial charge on any atom is 0.343 e. The standard InChI is InChI=1S/C15H15FN2O5S/c1-8-5-6-18-14(23-8)12(15(19)20)13(17-18)10-4-3-9(7-11(10)16)24(2,21)22/h3-4,7-8H,5-6H2,1-2H3,(H,19,20)/t8-/m1/s1. The van der Waals surface area contributed by atoms with Gasteiger partial charge in [-0.3, -0.25) is 0 Å². The third-order valence-corrected chi connectivity index (χ3v) is 4.91. The lowest BCUT2D eigenvalue weighted by Gasteiger charge is -2.21. The van der Waals surface area contributed by atoms with E-state index >= 15 is 0 Å². The molecular formula is C15H15FN2O5S. The SMILES string of the molecule is C[C@@H]1CCn2nc(-c3ccc(S(C)(=O)=O)cc3F)c(C(=O)O)c2O1. The maximum atomic E-state index is 14.4. The molecule has 24 heavy (non-hydrogen) atoms. The van der Waals surface area contributed by atoms with Crippen LogP contribution >= 0.6 is 0 Å². The van der Waals surface area contributed by atoms with Crippen molar-refractivity contribution >= 4 is 15.8 Å². The van der Waals surface area contributed by atoms with Crippen molar-refractivity contribution in [1.82, 2.24) is 9.78 Å². The van der Waals surface area contributed by atoms with Crippen molar-refractivity contribution in [3.63, 3.8) is 0 Å². The number of carbonyl (C=O) groups is 1. The van der Waals surface area contributed by atoms with Gasteiger partial charge in [-0.2, -0.15) is 5.10 Å². The largest absolute Gasteiger partial charge is 0.477 e. The van der Waals surface area contributed by atoms with Gasteiger partial charge in [0.25, 0.3) is 0 Å². The van der Waals surface area contributed by atoms with Gasteiger partial charge in [0, 0.05) is 24.8 Å². The fraction of sp³-hybridized carbons (Fsp3) is 0.333. The first-order chi connectivity index (χ1) is 11.2. The van der Waals surface area contributed by atoms with E-state index in [9.17, 15) is 22.7 Å². The minimum absolute atomic E-state index is 0.0795. The van der Waals surface area contributed by atoms with Gasteiger partial charge in [0.15, 0.2) is 9.84 Å². The van der Waals surface area contributed by atoms with Crippen LogP contribution in [-0.4, -0.2) is 41.6 Å². The number of fused-ring (bicyclic) bond motifs is 1. The summed E-state index contributed by atoms with van der Waals surface area (Å²) in [5.74, 6) is -2.06. The molecule has 128 valence electrons. The number of hydrogen-bond donors (Lipinski definition) is 1. The highest BCUT2D eigenvalue weighted by molar-refractivity contribution is 7.90. The van der Waals surface area contributed by atoms with Gasteiger partial charge in [-0.05, 0) is 25.1 Å². The molecule has 3 rings (SSSR count). The Morgan fingerprint density at radius 2 is 2.17 bits per heavy atom. The molecule has 0 unspecified atom stereocenters. The molecule has 9 heteroatoms. The zero-order valence-corrected chi connectivity index (χ0v) is 13.8. The number of benzene rings is 1. The molecule has 1 aliphatic rings. The van der Waals surface area contributed by atoms with Gasteiger partial charge in [0.05, 0.1) is 11.0 Å². The number of aryl methyl sites for hydroxylation is 1. The molecule has 0 saturated carbocycles. The van der Waals surface area contributed by atoms with E-state index in [1.54, 1.807) is 0 Å². The molecule has 7 nitrogen and oxygen atoms in total. The van der Waals surface area contributed by atoms with Crippen LogP contribution < -0.4 is 4.74 Å². The molecule has 1 atom stereocenters. The summed E-state index contributed by atoms with van der Waals surface area (Å²) in [7, 11) is -3.57. The number of rotatable bonds is 3. The molecule has 1 aliphatic heterocycles. The number of aromatic carboxylic acids is 1. The first kappa shape index (κ1) is 16.4. The van der Waals surface area contributed by atoms with E-state index in [2.05, 4.69) is 5.10 Å². The predicted molar refractivity (Wildman–Crippen MR) is 82.4 cm³/mol. The smallest absolute Gasteiger partial charge is 0.343 e. The number of nitrogens with zero attached hydrogens (tertiary/aromatic N) is 2. The average Bonchev–Trinajstić information content (AvgIpc) is 2.84. The molecule has 0 amide bonds. The van der Waals surface area contributed by atoms with Crippen molar-refractivity contribution < 1.29 is 27.4 Å². The van der Waals surface area contributed by atoms with E-state index in [1.165, 1.54) is 16.8 Å². The molecule has 1 N–H and O–H groups in total. The van der Waals surface area contributed by atoms with E-state index in [0.29, 0.717) is 13.0 Å². The Kier molecular flexibility index (Phi) is 3.83. The van der Waals surface area contributed by atoms with Gasteiger partial charge in [-0.25, -0.2) is 22.3 Å². The van der Waals surface area contributed by atoms with Crippen molar-refractivity contribution in [2.75, 3.05) is 6.26 Å². The fourth-order valence-electron chi connectivity index (χ4n) is 2.57. The zero-order chi connectivity index (χ0) is 17.6. The Bertz CT molecular complexity index is 936. The number of carboxylic acids is 1. The van der Waals surface area contributed by atoms with Crippen LogP contribution in [0.1, 0.15) is 23.7 Å². The van der Waals surface area contributed by atoms with Crippen molar-refractivity contribution in [1.29, 1.82) is 0 Å². The van der Waals surface area contributed by atoms with Crippen LogP contribution in [0.25, 0.3) is 11.3 Å². The number of aromatic nitrogens is 2. The minimum Gasteiger partial charge on any atom is -0.477 e. The van der Waals surface area contributed by atoms with Crippen LogP contribution in [0, 0.1) is 5.82 Å². The number of carboxylic acid groups (broad SMARTS) is 1. The number of halogens is 1. The summed E-state index contributed by atoms with van der Waals surface area (Å²) < 4.78 is 44.3. The molecule has 1 aromatic heterocycles. The average molecular weight is 354 g/mol. The van der Waals surface area contributed by atoms with Crippen LogP contribution in [0.3, 0.4) is 0 Å². The topological polar surface area (TPSA) is 98.5 Å². The van der Waals surface area contributed by atoms with Crippen molar-refractivity contribution in [2.45, 2.75) is 30.9 Å². The number of hydrogen-bond acceptors (Lipinski definition) is 5. The molecule has 0 spiro atoms. The third kappa shape index (κ3) is 2.75.